The van der Waals surface area contributed by atoms with E-state index in [-0.39, 0.29) is 0 Å². The molecule has 0 spiro atoms. The van der Waals surface area contributed by atoms with Gasteiger partial charge in [0, 0.05) is 0 Å². The first kappa shape index (κ1) is 12.1. The Morgan fingerprint density at radius 3 is 1.50 bits per heavy atom. The van der Waals surface area contributed by atoms with E-state index in [0.29, 0.717) is 11.5 Å². The lowest BCUT2D eigenvalue weighted by Crippen LogP contribution is -1.74. The maximum Gasteiger partial charge on any atom is 0.116 e. The summed E-state index contributed by atoms with van der Waals surface area (Å²) in [6.07, 6.45) is 0. The lowest BCUT2D eigenvalue weighted by atomic mass is 10.1. The number of aromatic hydroxyl groups is 2. The highest BCUT2D eigenvalue weighted by molar-refractivity contribution is 5.31. The van der Waals surface area contributed by atoms with Gasteiger partial charge in [0.05, 0.1) is 0 Å². The van der Waals surface area contributed by atoms with Crippen molar-refractivity contribution < 1.29 is 10.2 Å². The number of aryl methyl sites for hydroxylation is 2. The molecule has 0 bridgehead atoms. The molecule has 0 aliphatic rings. The van der Waals surface area contributed by atoms with E-state index in [0.717, 1.165) is 11.1 Å². The molecule has 0 aliphatic carbocycles. The number of para-hydroxylation sites is 1. The topological polar surface area (TPSA) is 40.5 Å². The van der Waals surface area contributed by atoms with E-state index in [4.69, 9.17) is 10.2 Å². The smallest absolute Gasteiger partial charge is 0.116 e. The highest BCUT2D eigenvalue weighted by Gasteiger charge is 1.89. The van der Waals surface area contributed by atoms with E-state index < -0.39 is 0 Å². The fourth-order valence-corrected chi connectivity index (χ4v) is 1.38. The average Bonchev–Trinajstić information content (AvgIpc) is 2.17. The summed E-state index contributed by atoms with van der Waals surface area (Å²) in [5.41, 5.74) is 2.21. The van der Waals surface area contributed by atoms with Gasteiger partial charge in [-0.25, -0.2) is 0 Å². The van der Waals surface area contributed by atoms with Crippen molar-refractivity contribution in [3.05, 3.63) is 59.7 Å². The second-order valence-electron chi connectivity index (χ2n) is 3.68. The number of phenolic OH excluding ortho intramolecular Hbond substituents is 2. The molecule has 0 unspecified atom stereocenters. The molecule has 2 aromatic rings. The third kappa shape index (κ3) is 4.51. The van der Waals surface area contributed by atoms with Crippen LogP contribution in [-0.4, -0.2) is 10.2 Å². The zero-order valence-corrected chi connectivity index (χ0v) is 9.51. The minimum Gasteiger partial charge on any atom is -0.508 e. The highest BCUT2D eigenvalue weighted by Crippen LogP contribution is 2.13. The summed E-state index contributed by atoms with van der Waals surface area (Å²) in [6.45, 7) is 3.93. The molecule has 0 saturated carbocycles. The summed E-state index contributed by atoms with van der Waals surface area (Å²) < 4.78 is 0. The molecule has 0 heterocycles. The molecule has 0 amide bonds. The van der Waals surface area contributed by atoms with Crippen molar-refractivity contribution in [3.63, 3.8) is 0 Å². The van der Waals surface area contributed by atoms with Crippen LogP contribution in [0.25, 0.3) is 0 Å². The third-order valence-corrected chi connectivity index (χ3v) is 1.96. The van der Waals surface area contributed by atoms with E-state index >= 15 is 0 Å². The molecule has 2 aromatic carbocycles. The molecule has 0 aromatic heterocycles. The van der Waals surface area contributed by atoms with Crippen molar-refractivity contribution in [2.24, 2.45) is 0 Å². The van der Waals surface area contributed by atoms with Crippen molar-refractivity contribution in [1.29, 1.82) is 0 Å². The molecule has 0 fully saturated rings. The Morgan fingerprint density at radius 2 is 1.19 bits per heavy atom. The van der Waals surface area contributed by atoms with Crippen LogP contribution in [0.1, 0.15) is 11.1 Å². The number of hydrogen-bond acceptors (Lipinski definition) is 2. The second kappa shape index (κ2) is 5.81. The van der Waals surface area contributed by atoms with E-state index in [2.05, 4.69) is 0 Å². The van der Waals surface area contributed by atoms with Gasteiger partial charge in [-0.2, -0.15) is 0 Å². The van der Waals surface area contributed by atoms with E-state index in [9.17, 15) is 0 Å². The van der Waals surface area contributed by atoms with Crippen molar-refractivity contribution in [3.8, 4) is 11.5 Å². The van der Waals surface area contributed by atoms with Crippen molar-refractivity contribution in [1.82, 2.24) is 0 Å². The Bertz CT molecular complexity index is 385. The summed E-state index contributed by atoms with van der Waals surface area (Å²) in [7, 11) is 0. The lowest BCUT2D eigenvalue weighted by molar-refractivity contribution is 0.474. The molecular formula is C14H16O2. The van der Waals surface area contributed by atoms with E-state index in [1.807, 2.05) is 26.0 Å². The summed E-state index contributed by atoms with van der Waals surface area (Å²) in [5, 5.41) is 17.6. The van der Waals surface area contributed by atoms with Crippen LogP contribution in [0.3, 0.4) is 0 Å². The van der Waals surface area contributed by atoms with Crippen LogP contribution in [0, 0.1) is 13.8 Å². The zero-order chi connectivity index (χ0) is 12.0. The minimum absolute atomic E-state index is 0.322. The maximum atomic E-state index is 8.99. The second-order valence-corrected chi connectivity index (χ2v) is 3.68. The zero-order valence-electron chi connectivity index (χ0n) is 9.51. The van der Waals surface area contributed by atoms with E-state index in [1.165, 1.54) is 0 Å². The summed E-state index contributed by atoms with van der Waals surface area (Å²) in [4.78, 5) is 0. The molecule has 2 heteroatoms. The molecule has 0 atom stereocenters. The fraction of sp³-hybridized carbons (Fsp3) is 0.143. The van der Waals surface area contributed by atoms with Gasteiger partial charge in [-0.05, 0) is 49.2 Å². The Labute approximate surface area is 95.8 Å². The summed E-state index contributed by atoms with van der Waals surface area (Å²) in [5.74, 6) is 0.676. The average molecular weight is 216 g/mol. The summed E-state index contributed by atoms with van der Waals surface area (Å²) >= 11 is 0. The standard InChI is InChI=1S/C8H10O.C6H6O/c1-6-3-7(2)5-8(9)4-6;7-6-4-2-1-3-5-6/h3-5,9H,1-2H3;1-5,7H. The Kier molecular flexibility index (Phi) is 4.40. The molecule has 84 valence electrons. The molecule has 16 heavy (non-hydrogen) atoms. The lowest BCUT2D eigenvalue weighted by Gasteiger charge is -1.95. The molecule has 2 N–H and O–H groups in total. The predicted octanol–water partition coefficient (Wildman–Crippen LogP) is 3.40. The number of benzene rings is 2. The monoisotopic (exact) mass is 216 g/mol. The van der Waals surface area contributed by atoms with Gasteiger partial charge in [-0.3, -0.25) is 0 Å². The van der Waals surface area contributed by atoms with Gasteiger partial charge in [-0.1, -0.05) is 24.3 Å². The summed E-state index contributed by atoms with van der Waals surface area (Å²) in [6, 6.07) is 14.2. The largest absolute Gasteiger partial charge is 0.508 e. The van der Waals surface area contributed by atoms with Crippen LogP contribution in [-0.2, 0) is 0 Å². The van der Waals surface area contributed by atoms with Crippen LogP contribution < -0.4 is 0 Å². The normalized spacial score (nSPS) is 9.12. The van der Waals surface area contributed by atoms with Gasteiger partial charge in [0.25, 0.3) is 0 Å². The Balaban J connectivity index is 0.000000165. The molecule has 0 radical (unpaired) electrons. The third-order valence-electron chi connectivity index (χ3n) is 1.96. The first-order valence-corrected chi connectivity index (χ1v) is 5.09. The SMILES string of the molecule is Cc1cc(C)cc(O)c1.Oc1ccccc1. The molecular weight excluding hydrogens is 200 g/mol. The fourth-order valence-electron chi connectivity index (χ4n) is 1.38. The van der Waals surface area contributed by atoms with Crippen molar-refractivity contribution in [2.75, 3.05) is 0 Å². The number of phenols is 2. The van der Waals surface area contributed by atoms with Gasteiger partial charge in [0.15, 0.2) is 0 Å². The molecule has 2 rings (SSSR count). The Hall–Kier alpha value is -1.96. The van der Waals surface area contributed by atoms with Gasteiger partial charge < -0.3 is 10.2 Å². The first-order chi connectivity index (χ1) is 7.58. The van der Waals surface area contributed by atoms with Gasteiger partial charge >= 0.3 is 0 Å². The van der Waals surface area contributed by atoms with Crippen LogP contribution in [0.5, 0.6) is 11.5 Å². The van der Waals surface area contributed by atoms with Crippen LogP contribution >= 0.6 is 0 Å². The first-order valence-electron chi connectivity index (χ1n) is 5.09. The van der Waals surface area contributed by atoms with Crippen LogP contribution in [0.4, 0.5) is 0 Å². The van der Waals surface area contributed by atoms with Crippen LogP contribution in [0.2, 0.25) is 0 Å². The van der Waals surface area contributed by atoms with Crippen molar-refractivity contribution in [2.45, 2.75) is 13.8 Å². The van der Waals surface area contributed by atoms with Gasteiger partial charge in [0.2, 0.25) is 0 Å². The van der Waals surface area contributed by atoms with Crippen LogP contribution in [0.15, 0.2) is 48.5 Å². The maximum absolute atomic E-state index is 8.99. The predicted molar refractivity (Wildman–Crippen MR) is 65.7 cm³/mol. The van der Waals surface area contributed by atoms with E-state index in [1.54, 1.807) is 36.4 Å². The Morgan fingerprint density at radius 1 is 0.688 bits per heavy atom. The molecule has 0 aliphatic heterocycles. The number of hydrogen-bond donors (Lipinski definition) is 2. The van der Waals surface area contributed by atoms with Crippen molar-refractivity contribution >= 4 is 0 Å². The van der Waals surface area contributed by atoms with Gasteiger partial charge in [-0.15, -0.1) is 0 Å². The number of rotatable bonds is 0. The van der Waals surface area contributed by atoms with Gasteiger partial charge in [0.1, 0.15) is 11.5 Å². The minimum atomic E-state index is 0.322. The highest BCUT2D eigenvalue weighted by atomic mass is 16.3. The quantitative estimate of drug-likeness (QED) is 0.708. The molecule has 0 saturated heterocycles. The molecule has 2 nitrogen and oxygen atoms in total.